The van der Waals surface area contributed by atoms with Crippen molar-refractivity contribution in [3.05, 3.63) is 42.0 Å². The Hall–Kier alpha value is -2.43. The SMILES string of the molecule is CCCCOC(=O)c1ccc(N2C(=O)[C@@H]3[C@H](C2=O)[C@H]2C=C[C@H]3C2)cc1. The number of esters is 1. The van der Waals surface area contributed by atoms with Crippen molar-refractivity contribution in [2.24, 2.45) is 23.7 Å². The van der Waals surface area contributed by atoms with E-state index in [0.717, 1.165) is 19.3 Å². The van der Waals surface area contributed by atoms with Crippen LogP contribution in [0.15, 0.2) is 36.4 Å². The quantitative estimate of drug-likeness (QED) is 0.358. The monoisotopic (exact) mass is 339 g/mol. The van der Waals surface area contributed by atoms with Crippen molar-refractivity contribution in [1.82, 2.24) is 0 Å². The second kappa shape index (κ2) is 6.14. The highest BCUT2D eigenvalue weighted by molar-refractivity contribution is 6.22. The van der Waals surface area contributed by atoms with Crippen LogP contribution in [0.3, 0.4) is 0 Å². The van der Waals surface area contributed by atoms with Crippen LogP contribution in [-0.2, 0) is 14.3 Å². The fraction of sp³-hybridized carbons (Fsp3) is 0.450. The fourth-order valence-electron chi connectivity index (χ4n) is 4.30. The number of nitrogens with zero attached hydrogens (tertiary/aromatic N) is 1. The van der Waals surface area contributed by atoms with Crippen molar-refractivity contribution in [3.8, 4) is 0 Å². The van der Waals surface area contributed by atoms with E-state index in [1.165, 1.54) is 4.90 Å². The molecule has 25 heavy (non-hydrogen) atoms. The summed E-state index contributed by atoms with van der Waals surface area (Å²) >= 11 is 0. The van der Waals surface area contributed by atoms with Gasteiger partial charge in [0, 0.05) is 0 Å². The number of ether oxygens (including phenoxy) is 1. The van der Waals surface area contributed by atoms with Gasteiger partial charge < -0.3 is 4.74 Å². The molecule has 1 aliphatic heterocycles. The van der Waals surface area contributed by atoms with Crippen molar-refractivity contribution in [3.63, 3.8) is 0 Å². The molecule has 0 N–H and O–H groups in total. The first-order valence-corrected chi connectivity index (χ1v) is 8.95. The Balaban J connectivity index is 1.50. The lowest BCUT2D eigenvalue weighted by Gasteiger charge is -2.17. The molecule has 1 aromatic rings. The molecule has 0 aromatic heterocycles. The van der Waals surface area contributed by atoms with Crippen molar-refractivity contribution < 1.29 is 19.1 Å². The molecule has 3 aliphatic rings. The topological polar surface area (TPSA) is 63.7 Å². The summed E-state index contributed by atoms with van der Waals surface area (Å²) in [6.07, 6.45) is 6.87. The van der Waals surface area contributed by atoms with Gasteiger partial charge in [0.1, 0.15) is 0 Å². The van der Waals surface area contributed by atoms with Crippen LogP contribution >= 0.6 is 0 Å². The number of carbonyl (C=O) groups is 3. The van der Waals surface area contributed by atoms with E-state index in [9.17, 15) is 14.4 Å². The van der Waals surface area contributed by atoms with Gasteiger partial charge in [-0.25, -0.2) is 4.79 Å². The lowest BCUT2D eigenvalue weighted by atomic mass is 9.85. The van der Waals surface area contributed by atoms with E-state index in [0.29, 0.717) is 17.9 Å². The Bertz CT molecular complexity index is 721. The molecule has 2 bridgehead atoms. The predicted molar refractivity (Wildman–Crippen MR) is 91.8 cm³/mol. The van der Waals surface area contributed by atoms with Crippen molar-refractivity contribution >= 4 is 23.5 Å². The first-order chi connectivity index (χ1) is 12.1. The summed E-state index contributed by atoms with van der Waals surface area (Å²) in [4.78, 5) is 38.8. The van der Waals surface area contributed by atoms with Crippen molar-refractivity contribution in [1.29, 1.82) is 0 Å². The van der Waals surface area contributed by atoms with Crippen molar-refractivity contribution in [2.45, 2.75) is 26.2 Å². The van der Waals surface area contributed by atoms with Gasteiger partial charge in [-0.05, 0) is 48.9 Å². The molecule has 2 amide bonds. The lowest BCUT2D eigenvalue weighted by Crippen LogP contribution is -2.32. The van der Waals surface area contributed by atoms with E-state index in [-0.39, 0.29) is 41.5 Å². The number of imide groups is 1. The lowest BCUT2D eigenvalue weighted by molar-refractivity contribution is -0.123. The maximum atomic E-state index is 12.8. The van der Waals surface area contributed by atoms with E-state index in [1.807, 2.05) is 6.92 Å². The number of hydrogen-bond acceptors (Lipinski definition) is 4. The molecule has 0 spiro atoms. The molecular formula is C20H21NO4. The molecule has 0 unspecified atom stereocenters. The third-order valence-corrected chi connectivity index (χ3v) is 5.56. The Kier molecular flexibility index (Phi) is 3.94. The smallest absolute Gasteiger partial charge is 0.338 e. The Morgan fingerprint density at radius 2 is 1.68 bits per heavy atom. The maximum absolute atomic E-state index is 12.8. The van der Waals surface area contributed by atoms with Gasteiger partial charge in [0.15, 0.2) is 0 Å². The molecule has 2 aliphatic carbocycles. The van der Waals surface area contributed by atoms with Crippen LogP contribution < -0.4 is 4.90 Å². The van der Waals surface area contributed by atoms with E-state index in [4.69, 9.17) is 4.74 Å². The molecule has 1 aromatic carbocycles. The average Bonchev–Trinajstić information content (AvgIpc) is 3.29. The molecule has 5 nitrogen and oxygen atoms in total. The van der Waals surface area contributed by atoms with Crippen LogP contribution in [0.4, 0.5) is 5.69 Å². The Morgan fingerprint density at radius 3 is 2.24 bits per heavy atom. The second-order valence-electron chi connectivity index (χ2n) is 7.05. The molecule has 1 saturated heterocycles. The van der Waals surface area contributed by atoms with Gasteiger partial charge >= 0.3 is 5.97 Å². The molecular weight excluding hydrogens is 318 g/mol. The summed E-state index contributed by atoms with van der Waals surface area (Å²) in [5.74, 6) is -0.607. The van der Waals surface area contributed by atoms with Gasteiger partial charge in [-0.1, -0.05) is 25.5 Å². The highest BCUT2D eigenvalue weighted by Gasteiger charge is 2.59. The Labute approximate surface area is 146 Å². The zero-order chi connectivity index (χ0) is 17.6. The average molecular weight is 339 g/mol. The Morgan fingerprint density at radius 1 is 1.08 bits per heavy atom. The standard InChI is InChI=1S/C20H21NO4/c1-2-3-10-25-20(24)12-6-8-15(9-7-12)21-18(22)16-13-4-5-14(11-13)17(16)19(21)23/h4-9,13-14,16-17H,2-3,10-11H2,1H3/t13-,14-,16-,17+/m0/s1. The van der Waals surface area contributed by atoms with Crippen LogP contribution in [0.25, 0.3) is 0 Å². The number of benzene rings is 1. The highest BCUT2D eigenvalue weighted by Crippen LogP contribution is 2.53. The van der Waals surface area contributed by atoms with Crippen LogP contribution in [0.5, 0.6) is 0 Å². The van der Waals surface area contributed by atoms with E-state index in [2.05, 4.69) is 12.2 Å². The van der Waals surface area contributed by atoms with Crippen molar-refractivity contribution in [2.75, 3.05) is 11.5 Å². The molecule has 130 valence electrons. The molecule has 0 radical (unpaired) electrons. The molecule has 4 atom stereocenters. The number of fused-ring (bicyclic) bond motifs is 5. The van der Waals surface area contributed by atoms with Gasteiger partial charge in [0.25, 0.3) is 0 Å². The number of anilines is 1. The number of allylic oxidation sites excluding steroid dienone is 2. The number of unbranched alkanes of at least 4 members (excludes halogenated alkanes) is 1. The maximum Gasteiger partial charge on any atom is 0.338 e. The zero-order valence-corrected chi connectivity index (χ0v) is 14.2. The number of rotatable bonds is 5. The summed E-state index contributed by atoms with van der Waals surface area (Å²) in [6.45, 7) is 2.43. The minimum atomic E-state index is -0.377. The fourth-order valence-corrected chi connectivity index (χ4v) is 4.30. The van der Waals surface area contributed by atoms with Gasteiger partial charge in [-0.3, -0.25) is 14.5 Å². The minimum absolute atomic E-state index is 0.106. The molecule has 5 heteroatoms. The second-order valence-corrected chi connectivity index (χ2v) is 7.05. The number of carbonyl (C=O) groups excluding carboxylic acids is 3. The van der Waals surface area contributed by atoms with Gasteiger partial charge in [-0.2, -0.15) is 0 Å². The van der Waals surface area contributed by atoms with Gasteiger partial charge in [0.05, 0.1) is 29.7 Å². The van der Waals surface area contributed by atoms with Crippen LogP contribution in [0.2, 0.25) is 0 Å². The number of hydrogen-bond donors (Lipinski definition) is 0. The highest BCUT2D eigenvalue weighted by atomic mass is 16.5. The van der Waals surface area contributed by atoms with Crippen LogP contribution in [0.1, 0.15) is 36.5 Å². The first-order valence-electron chi connectivity index (χ1n) is 8.95. The molecule has 2 fully saturated rings. The zero-order valence-electron chi connectivity index (χ0n) is 14.2. The third-order valence-electron chi connectivity index (χ3n) is 5.56. The van der Waals surface area contributed by atoms with E-state index >= 15 is 0 Å². The third kappa shape index (κ3) is 2.49. The largest absolute Gasteiger partial charge is 0.462 e. The predicted octanol–water partition coefficient (Wildman–Crippen LogP) is 2.96. The molecule has 1 heterocycles. The summed E-state index contributed by atoms with van der Waals surface area (Å²) in [7, 11) is 0. The molecule has 4 rings (SSSR count). The molecule has 1 saturated carbocycles. The van der Waals surface area contributed by atoms with Crippen LogP contribution in [0, 0.1) is 23.7 Å². The van der Waals surface area contributed by atoms with E-state index < -0.39 is 0 Å². The van der Waals surface area contributed by atoms with Gasteiger partial charge in [0.2, 0.25) is 11.8 Å². The number of amides is 2. The minimum Gasteiger partial charge on any atom is -0.462 e. The van der Waals surface area contributed by atoms with Gasteiger partial charge in [-0.15, -0.1) is 0 Å². The summed E-state index contributed by atoms with van der Waals surface area (Å²) in [6, 6.07) is 6.54. The van der Waals surface area contributed by atoms with Crippen LogP contribution in [-0.4, -0.2) is 24.4 Å². The summed E-state index contributed by atoms with van der Waals surface area (Å²) in [5.41, 5.74) is 0.967. The summed E-state index contributed by atoms with van der Waals surface area (Å²) in [5, 5.41) is 0. The summed E-state index contributed by atoms with van der Waals surface area (Å²) < 4.78 is 5.18. The normalized spacial score (nSPS) is 29.4. The van der Waals surface area contributed by atoms with E-state index in [1.54, 1.807) is 24.3 Å². The first kappa shape index (κ1) is 16.1.